The van der Waals surface area contributed by atoms with Crippen LogP contribution in [0.4, 0.5) is 5.69 Å². The second-order valence-electron chi connectivity index (χ2n) is 6.79. The molecule has 0 saturated carbocycles. The zero-order valence-electron chi connectivity index (χ0n) is 14.8. The standard InChI is InChI=1S/C21H26N2O2/c1-17-7-5-9-19(13-17)22-21(24)15-23-12-6-8-18(14-23)16-25-20-10-3-2-4-11-20/h2-5,7,9-11,13,18H,6,8,12,14-16H2,1H3,(H,22,24). The summed E-state index contributed by atoms with van der Waals surface area (Å²) in [6.07, 6.45) is 2.27. The van der Waals surface area contributed by atoms with E-state index in [0.29, 0.717) is 19.1 Å². The number of amides is 1. The van der Waals surface area contributed by atoms with Gasteiger partial charge in [-0.2, -0.15) is 0 Å². The molecule has 0 spiro atoms. The van der Waals surface area contributed by atoms with E-state index in [9.17, 15) is 4.79 Å². The Morgan fingerprint density at radius 3 is 2.84 bits per heavy atom. The quantitative estimate of drug-likeness (QED) is 0.873. The number of hydrogen-bond acceptors (Lipinski definition) is 3. The lowest BCUT2D eigenvalue weighted by Gasteiger charge is -2.32. The zero-order valence-corrected chi connectivity index (χ0v) is 14.8. The molecule has 1 unspecified atom stereocenters. The Bertz CT molecular complexity index is 687. The molecule has 1 heterocycles. The lowest BCUT2D eigenvalue weighted by Crippen LogP contribution is -2.42. The number of carbonyl (C=O) groups is 1. The topological polar surface area (TPSA) is 41.6 Å². The predicted octanol–water partition coefficient (Wildman–Crippen LogP) is 3.72. The number of para-hydroxylation sites is 1. The number of nitrogens with zero attached hydrogens (tertiary/aromatic N) is 1. The molecule has 4 heteroatoms. The highest BCUT2D eigenvalue weighted by molar-refractivity contribution is 5.92. The van der Waals surface area contributed by atoms with Crippen LogP contribution in [0, 0.1) is 12.8 Å². The van der Waals surface area contributed by atoms with E-state index in [4.69, 9.17) is 4.74 Å². The Labute approximate surface area is 149 Å². The second-order valence-corrected chi connectivity index (χ2v) is 6.79. The van der Waals surface area contributed by atoms with Crippen LogP contribution in [0.3, 0.4) is 0 Å². The maximum absolute atomic E-state index is 12.3. The number of ether oxygens (including phenoxy) is 1. The van der Waals surface area contributed by atoms with Crippen molar-refractivity contribution in [3.8, 4) is 5.75 Å². The van der Waals surface area contributed by atoms with E-state index < -0.39 is 0 Å². The van der Waals surface area contributed by atoms with Gasteiger partial charge in [-0.05, 0) is 56.1 Å². The Balaban J connectivity index is 1.45. The zero-order chi connectivity index (χ0) is 17.5. The molecule has 4 nitrogen and oxygen atoms in total. The minimum atomic E-state index is 0.0511. The number of rotatable bonds is 6. The highest BCUT2D eigenvalue weighted by Gasteiger charge is 2.22. The van der Waals surface area contributed by atoms with Gasteiger partial charge in [0.05, 0.1) is 13.2 Å². The number of benzene rings is 2. The van der Waals surface area contributed by atoms with Gasteiger partial charge in [-0.25, -0.2) is 0 Å². The van der Waals surface area contributed by atoms with Crippen LogP contribution < -0.4 is 10.1 Å². The van der Waals surface area contributed by atoms with Crippen LogP contribution in [-0.2, 0) is 4.79 Å². The first-order valence-electron chi connectivity index (χ1n) is 8.96. The Morgan fingerprint density at radius 2 is 2.04 bits per heavy atom. The number of carbonyl (C=O) groups excluding carboxylic acids is 1. The second kappa shape index (κ2) is 8.67. The van der Waals surface area contributed by atoms with Crippen LogP contribution in [0.25, 0.3) is 0 Å². The number of piperidine rings is 1. The molecule has 0 radical (unpaired) electrons. The molecule has 1 aliphatic rings. The lowest BCUT2D eigenvalue weighted by molar-refractivity contribution is -0.117. The minimum Gasteiger partial charge on any atom is -0.493 e. The maximum atomic E-state index is 12.3. The fourth-order valence-corrected chi connectivity index (χ4v) is 3.29. The van der Waals surface area contributed by atoms with Crippen molar-refractivity contribution in [2.75, 3.05) is 31.6 Å². The molecule has 3 rings (SSSR count). The van der Waals surface area contributed by atoms with Crippen LogP contribution in [0.5, 0.6) is 5.75 Å². The van der Waals surface area contributed by atoms with Gasteiger partial charge in [0.15, 0.2) is 0 Å². The highest BCUT2D eigenvalue weighted by atomic mass is 16.5. The summed E-state index contributed by atoms with van der Waals surface area (Å²) >= 11 is 0. The van der Waals surface area contributed by atoms with Crippen molar-refractivity contribution in [3.63, 3.8) is 0 Å². The smallest absolute Gasteiger partial charge is 0.238 e. The lowest BCUT2D eigenvalue weighted by atomic mass is 9.99. The van der Waals surface area contributed by atoms with Gasteiger partial charge in [0.25, 0.3) is 0 Å². The van der Waals surface area contributed by atoms with E-state index in [-0.39, 0.29) is 5.91 Å². The molecule has 2 aromatic carbocycles. The van der Waals surface area contributed by atoms with Gasteiger partial charge in [0.1, 0.15) is 5.75 Å². The molecule has 1 N–H and O–H groups in total. The van der Waals surface area contributed by atoms with Gasteiger partial charge in [-0.15, -0.1) is 0 Å². The fraction of sp³-hybridized carbons (Fsp3) is 0.381. The summed E-state index contributed by atoms with van der Waals surface area (Å²) < 4.78 is 5.88. The largest absolute Gasteiger partial charge is 0.493 e. The van der Waals surface area contributed by atoms with Crippen LogP contribution in [0.15, 0.2) is 54.6 Å². The third-order valence-electron chi connectivity index (χ3n) is 4.50. The summed E-state index contributed by atoms with van der Waals surface area (Å²) in [5.74, 6) is 1.44. The van der Waals surface area contributed by atoms with Gasteiger partial charge in [0.2, 0.25) is 5.91 Å². The molecule has 25 heavy (non-hydrogen) atoms. The Morgan fingerprint density at radius 1 is 1.20 bits per heavy atom. The number of aryl methyl sites for hydroxylation is 1. The van der Waals surface area contributed by atoms with E-state index in [1.54, 1.807) is 0 Å². The average molecular weight is 338 g/mol. The first-order chi connectivity index (χ1) is 12.2. The van der Waals surface area contributed by atoms with Gasteiger partial charge >= 0.3 is 0 Å². The third-order valence-corrected chi connectivity index (χ3v) is 4.50. The van der Waals surface area contributed by atoms with E-state index in [0.717, 1.165) is 42.9 Å². The molecular weight excluding hydrogens is 312 g/mol. The van der Waals surface area contributed by atoms with E-state index >= 15 is 0 Å². The van der Waals surface area contributed by atoms with E-state index in [1.807, 2.05) is 61.5 Å². The Kier molecular flexibility index (Phi) is 6.07. The predicted molar refractivity (Wildman–Crippen MR) is 101 cm³/mol. The van der Waals surface area contributed by atoms with Crippen LogP contribution in [-0.4, -0.2) is 37.0 Å². The van der Waals surface area contributed by atoms with Crippen LogP contribution >= 0.6 is 0 Å². The highest BCUT2D eigenvalue weighted by Crippen LogP contribution is 2.19. The first-order valence-corrected chi connectivity index (χ1v) is 8.96. The van der Waals surface area contributed by atoms with Gasteiger partial charge in [0, 0.05) is 18.2 Å². The molecule has 1 atom stereocenters. The molecule has 2 aromatic rings. The normalized spacial score (nSPS) is 17.9. The van der Waals surface area contributed by atoms with Crippen molar-refractivity contribution in [3.05, 3.63) is 60.2 Å². The monoisotopic (exact) mass is 338 g/mol. The molecule has 0 bridgehead atoms. The summed E-state index contributed by atoms with van der Waals surface area (Å²) in [6.45, 7) is 5.06. The molecule has 0 aliphatic carbocycles. The van der Waals surface area contributed by atoms with Crippen LogP contribution in [0.1, 0.15) is 18.4 Å². The molecule has 1 aliphatic heterocycles. The van der Waals surface area contributed by atoms with Crippen molar-refractivity contribution >= 4 is 11.6 Å². The maximum Gasteiger partial charge on any atom is 0.238 e. The fourth-order valence-electron chi connectivity index (χ4n) is 3.29. The summed E-state index contributed by atoms with van der Waals surface area (Å²) in [6, 6.07) is 17.8. The SMILES string of the molecule is Cc1cccc(NC(=O)CN2CCCC(COc3ccccc3)C2)c1. The summed E-state index contributed by atoms with van der Waals surface area (Å²) in [5.41, 5.74) is 2.01. The molecule has 132 valence electrons. The van der Waals surface area contributed by atoms with Gasteiger partial charge in [-0.1, -0.05) is 30.3 Å². The third kappa shape index (κ3) is 5.61. The van der Waals surface area contributed by atoms with E-state index in [2.05, 4.69) is 10.2 Å². The molecular formula is C21H26N2O2. The number of nitrogens with one attached hydrogen (secondary N) is 1. The summed E-state index contributed by atoms with van der Waals surface area (Å²) in [4.78, 5) is 14.5. The molecule has 1 saturated heterocycles. The van der Waals surface area contributed by atoms with Crippen molar-refractivity contribution < 1.29 is 9.53 Å². The van der Waals surface area contributed by atoms with Crippen molar-refractivity contribution in [1.82, 2.24) is 4.90 Å². The average Bonchev–Trinajstić information content (AvgIpc) is 2.61. The van der Waals surface area contributed by atoms with Gasteiger partial charge in [-0.3, -0.25) is 9.69 Å². The van der Waals surface area contributed by atoms with E-state index in [1.165, 1.54) is 0 Å². The Hall–Kier alpha value is -2.33. The van der Waals surface area contributed by atoms with Crippen molar-refractivity contribution in [2.24, 2.45) is 5.92 Å². The number of hydrogen-bond donors (Lipinski definition) is 1. The molecule has 0 aromatic heterocycles. The van der Waals surface area contributed by atoms with Crippen molar-refractivity contribution in [2.45, 2.75) is 19.8 Å². The molecule has 1 amide bonds. The van der Waals surface area contributed by atoms with Crippen molar-refractivity contribution in [1.29, 1.82) is 0 Å². The number of likely N-dealkylation sites (tertiary alicyclic amines) is 1. The summed E-state index contributed by atoms with van der Waals surface area (Å²) in [7, 11) is 0. The summed E-state index contributed by atoms with van der Waals surface area (Å²) in [5, 5.41) is 2.99. The number of anilines is 1. The first kappa shape index (κ1) is 17.5. The van der Waals surface area contributed by atoms with Crippen LogP contribution in [0.2, 0.25) is 0 Å². The van der Waals surface area contributed by atoms with Gasteiger partial charge < -0.3 is 10.1 Å². The minimum absolute atomic E-state index is 0.0511. The molecule has 1 fully saturated rings.